The van der Waals surface area contributed by atoms with E-state index in [4.69, 9.17) is 9.88 Å². The van der Waals surface area contributed by atoms with Gasteiger partial charge >= 0.3 is 0 Å². The van der Waals surface area contributed by atoms with Crippen LogP contribution < -0.4 is 20.8 Å². The van der Waals surface area contributed by atoms with Crippen molar-refractivity contribution in [3.05, 3.63) is 58.5 Å². The summed E-state index contributed by atoms with van der Waals surface area (Å²) in [4.78, 5) is 24.4. The number of rotatable bonds is 5. The van der Waals surface area contributed by atoms with Crippen molar-refractivity contribution in [2.24, 2.45) is 12.2 Å². The van der Waals surface area contributed by atoms with E-state index in [1.165, 1.54) is 37.0 Å². The van der Waals surface area contributed by atoms with Gasteiger partial charge in [-0.3, -0.25) is 9.59 Å². The number of nitrogens with two attached hydrogens (primary N) is 1. The number of hydrogen-bond donors (Lipinski definition) is 2. The van der Waals surface area contributed by atoms with Gasteiger partial charge in [0.15, 0.2) is 0 Å². The molecule has 0 aliphatic rings. The van der Waals surface area contributed by atoms with Crippen molar-refractivity contribution in [3.8, 4) is 5.75 Å². The number of aryl methyl sites for hydroxylation is 1. The molecule has 0 saturated heterocycles. The SMILES string of the molecule is COc1ccc(NC(=O)Cc2nn(C)c(=O)c3ccccc23)cc1S(N)(=O)=O. The average Bonchev–Trinajstić information content (AvgIpc) is 2.65. The second-order valence-electron chi connectivity index (χ2n) is 6.06. The fourth-order valence-electron chi connectivity index (χ4n) is 2.84. The Labute approximate surface area is 160 Å². The molecule has 0 fully saturated rings. The van der Waals surface area contributed by atoms with Crippen LogP contribution in [0.4, 0.5) is 5.69 Å². The van der Waals surface area contributed by atoms with Crippen molar-refractivity contribution in [2.75, 3.05) is 12.4 Å². The summed E-state index contributed by atoms with van der Waals surface area (Å²) in [6.07, 6.45) is -0.106. The minimum atomic E-state index is -4.03. The number of primary sulfonamides is 1. The number of sulfonamides is 1. The number of anilines is 1. The Bertz CT molecular complexity index is 1230. The Morgan fingerprint density at radius 3 is 2.54 bits per heavy atom. The zero-order valence-electron chi connectivity index (χ0n) is 15.2. The number of nitrogens with one attached hydrogen (secondary N) is 1. The molecular weight excluding hydrogens is 384 g/mol. The van der Waals surface area contributed by atoms with Crippen molar-refractivity contribution in [3.63, 3.8) is 0 Å². The Morgan fingerprint density at radius 2 is 1.89 bits per heavy atom. The average molecular weight is 402 g/mol. The molecule has 0 atom stereocenters. The molecular formula is C18H18N4O5S. The molecule has 1 amide bonds. The molecule has 0 unspecified atom stereocenters. The van der Waals surface area contributed by atoms with Crippen LogP contribution in [0.1, 0.15) is 5.69 Å². The third kappa shape index (κ3) is 3.87. The minimum Gasteiger partial charge on any atom is -0.495 e. The number of carbonyl (C=O) groups excluding carboxylic acids is 1. The first-order valence-electron chi connectivity index (χ1n) is 8.16. The lowest BCUT2D eigenvalue weighted by Crippen LogP contribution is -2.24. The Balaban J connectivity index is 1.91. The summed E-state index contributed by atoms with van der Waals surface area (Å²) in [5.41, 5.74) is 0.409. The molecule has 9 nitrogen and oxygen atoms in total. The van der Waals surface area contributed by atoms with E-state index in [0.717, 1.165) is 0 Å². The molecule has 0 aliphatic carbocycles. The molecule has 10 heteroatoms. The number of carbonyl (C=O) groups is 1. The van der Waals surface area contributed by atoms with Crippen molar-refractivity contribution < 1.29 is 17.9 Å². The third-order valence-corrected chi connectivity index (χ3v) is 5.05. The number of amides is 1. The van der Waals surface area contributed by atoms with Crippen molar-refractivity contribution in [2.45, 2.75) is 11.3 Å². The predicted octanol–water partition coefficient (Wildman–Crippen LogP) is 0.771. The summed E-state index contributed by atoms with van der Waals surface area (Å²) in [6, 6.07) is 11.0. The van der Waals surface area contributed by atoms with E-state index < -0.39 is 15.9 Å². The summed E-state index contributed by atoms with van der Waals surface area (Å²) in [5.74, 6) is -0.354. The highest BCUT2D eigenvalue weighted by atomic mass is 32.2. The van der Waals surface area contributed by atoms with Crippen molar-refractivity contribution >= 4 is 32.4 Å². The molecule has 3 N–H and O–H groups in total. The van der Waals surface area contributed by atoms with Crippen LogP contribution in [-0.4, -0.2) is 31.2 Å². The van der Waals surface area contributed by atoms with Crippen LogP contribution in [0.15, 0.2) is 52.2 Å². The van der Waals surface area contributed by atoms with Gasteiger partial charge in [-0.1, -0.05) is 18.2 Å². The van der Waals surface area contributed by atoms with Crippen LogP contribution in [0.5, 0.6) is 5.75 Å². The first-order valence-corrected chi connectivity index (χ1v) is 9.71. The molecule has 2 aromatic carbocycles. The third-order valence-electron chi connectivity index (χ3n) is 4.11. The van der Waals surface area contributed by atoms with Gasteiger partial charge < -0.3 is 10.1 Å². The van der Waals surface area contributed by atoms with Crippen LogP contribution in [0, 0.1) is 0 Å². The van der Waals surface area contributed by atoms with E-state index in [2.05, 4.69) is 10.4 Å². The molecule has 1 aromatic heterocycles. The summed E-state index contributed by atoms with van der Waals surface area (Å²) < 4.78 is 29.6. The lowest BCUT2D eigenvalue weighted by molar-refractivity contribution is -0.115. The Morgan fingerprint density at radius 1 is 1.21 bits per heavy atom. The van der Waals surface area contributed by atoms with Crippen molar-refractivity contribution in [1.82, 2.24) is 9.78 Å². The van der Waals surface area contributed by atoms with Crippen LogP contribution in [0.3, 0.4) is 0 Å². The van der Waals surface area contributed by atoms with Gasteiger partial charge in [-0.15, -0.1) is 0 Å². The highest BCUT2D eigenvalue weighted by Crippen LogP contribution is 2.26. The molecule has 3 rings (SSSR count). The lowest BCUT2D eigenvalue weighted by atomic mass is 10.1. The topological polar surface area (TPSA) is 133 Å². The normalized spacial score (nSPS) is 11.4. The number of aromatic nitrogens is 2. The van der Waals surface area contributed by atoms with E-state index in [0.29, 0.717) is 16.5 Å². The number of nitrogens with zero attached hydrogens (tertiary/aromatic N) is 2. The first kappa shape index (κ1) is 19.5. The van der Waals surface area contributed by atoms with E-state index in [1.807, 2.05) is 0 Å². The smallest absolute Gasteiger partial charge is 0.274 e. The van der Waals surface area contributed by atoms with Crippen LogP contribution >= 0.6 is 0 Å². The maximum absolute atomic E-state index is 12.5. The molecule has 0 saturated carbocycles. The Hall–Kier alpha value is -3.24. The molecule has 28 heavy (non-hydrogen) atoms. The number of hydrogen-bond acceptors (Lipinski definition) is 6. The van der Waals surface area contributed by atoms with Crippen LogP contribution in [-0.2, 0) is 28.3 Å². The standard InChI is InChI=1S/C18H18N4O5S/c1-22-18(24)13-6-4-3-5-12(13)14(21-22)10-17(23)20-11-7-8-15(27-2)16(9-11)28(19,25)26/h3-9H,10H2,1-2H3,(H,20,23)(H2,19,25,26). The van der Waals surface area contributed by atoms with Gasteiger partial charge in [-0.05, 0) is 24.3 Å². The largest absolute Gasteiger partial charge is 0.495 e. The van der Waals surface area contributed by atoms with Gasteiger partial charge in [0.2, 0.25) is 15.9 Å². The van der Waals surface area contributed by atoms with E-state index >= 15 is 0 Å². The Kier molecular flexibility index (Phi) is 5.16. The molecule has 0 spiro atoms. The summed E-state index contributed by atoms with van der Waals surface area (Å²) in [5, 5.41) is 13.0. The highest BCUT2D eigenvalue weighted by Gasteiger charge is 2.17. The first-order chi connectivity index (χ1) is 13.2. The second kappa shape index (κ2) is 7.41. The zero-order valence-corrected chi connectivity index (χ0v) is 16.0. The van der Waals surface area contributed by atoms with Gasteiger partial charge in [-0.25, -0.2) is 18.2 Å². The van der Waals surface area contributed by atoms with Gasteiger partial charge in [-0.2, -0.15) is 5.10 Å². The second-order valence-corrected chi connectivity index (χ2v) is 7.59. The molecule has 0 bridgehead atoms. The summed E-state index contributed by atoms with van der Waals surface area (Å²) in [7, 11) is -1.20. The zero-order chi connectivity index (χ0) is 20.5. The van der Waals surface area contributed by atoms with E-state index in [9.17, 15) is 18.0 Å². The van der Waals surface area contributed by atoms with Crippen LogP contribution in [0.25, 0.3) is 10.8 Å². The molecule has 1 heterocycles. The van der Waals surface area contributed by atoms with Gasteiger partial charge in [0.25, 0.3) is 5.56 Å². The molecule has 3 aromatic rings. The lowest BCUT2D eigenvalue weighted by Gasteiger charge is -2.11. The fraction of sp³-hybridized carbons (Fsp3) is 0.167. The fourth-order valence-corrected chi connectivity index (χ4v) is 3.56. The summed E-state index contributed by atoms with van der Waals surface area (Å²) >= 11 is 0. The van der Waals surface area contributed by atoms with Crippen LogP contribution in [0.2, 0.25) is 0 Å². The number of ether oxygens (including phenoxy) is 1. The van der Waals surface area contributed by atoms with Gasteiger partial charge in [0, 0.05) is 18.1 Å². The van der Waals surface area contributed by atoms with Gasteiger partial charge in [0.1, 0.15) is 10.6 Å². The number of benzene rings is 2. The van der Waals surface area contributed by atoms with E-state index in [1.54, 1.807) is 24.3 Å². The monoisotopic (exact) mass is 402 g/mol. The van der Waals surface area contributed by atoms with E-state index in [-0.39, 0.29) is 28.3 Å². The van der Waals surface area contributed by atoms with Crippen molar-refractivity contribution in [1.29, 1.82) is 0 Å². The van der Waals surface area contributed by atoms with Gasteiger partial charge in [0.05, 0.1) is 24.6 Å². The number of fused-ring (bicyclic) bond motifs is 1. The minimum absolute atomic E-state index is 0.0752. The predicted molar refractivity (Wildman–Crippen MR) is 104 cm³/mol. The number of methoxy groups -OCH3 is 1. The molecule has 146 valence electrons. The quantitative estimate of drug-likeness (QED) is 0.648. The molecule has 0 aliphatic heterocycles. The summed E-state index contributed by atoms with van der Waals surface area (Å²) in [6.45, 7) is 0. The maximum atomic E-state index is 12.5. The maximum Gasteiger partial charge on any atom is 0.274 e. The molecule has 0 radical (unpaired) electrons. The highest BCUT2D eigenvalue weighted by molar-refractivity contribution is 7.89.